The Morgan fingerprint density at radius 1 is 1.13 bits per heavy atom. The van der Waals surface area contributed by atoms with E-state index in [9.17, 15) is 0 Å². The molecule has 1 heterocycles. The molecule has 1 aromatic heterocycles. The molecule has 1 N–H and O–H groups in total. The van der Waals surface area contributed by atoms with E-state index >= 15 is 0 Å². The molecule has 120 valence electrons. The van der Waals surface area contributed by atoms with Crippen molar-refractivity contribution in [1.82, 2.24) is 9.55 Å². The molecule has 23 heavy (non-hydrogen) atoms. The van der Waals surface area contributed by atoms with Gasteiger partial charge < -0.3 is 14.6 Å². The van der Waals surface area contributed by atoms with Crippen LogP contribution in [0.15, 0.2) is 48.5 Å². The number of rotatable bonds is 6. The zero-order chi connectivity index (χ0) is 16.2. The third kappa shape index (κ3) is 3.47. The van der Waals surface area contributed by atoms with Crippen LogP contribution in [0.2, 0.25) is 0 Å². The first kappa shape index (κ1) is 15.4. The van der Waals surface area contributed by atoms with E-state index in [1.807, 2.05) is 30.3 Å². The van der Waals surface area contributed by atoms with Crippen molar-refractivity contribution in [2.24, 2.45) is 5.92 Å². The summed E-state index contributed by atoms with van der Waals surface area (Å²) >= 11 is 0. The largest absolute Gasteiger partial charge is 0.497 e. The Bertz CT molecular complexity index is 792. The molecule has 0 saturated carbocycles. The van der Waals surface area contributed by atoms with Crippen LogP contribution in [0, 0.1) is 5.92 Å². The van der Waals surface area contributed by atoms with Crippen molar-refractivity contribution in [2.75, 3.05) is 12.4 Å². The number of nitrogens with zero attached hydrogens (tertiary/aromatic N) is 2. The van der Waals surface area contributed by atoms with Crippen molar-refractivity contribution >= 4 is 22.7 Å². The van der Waals surface area contributed by atoms with Crippen molar-refractivity contribution in [2.45, 2.75) is 26.8 Å². The third-order valence-corrected chi connectivity index (χ3v) is 3.91. The van der Waals surface area contributed by atoms with Gasteiger partial charge in [-0.2, -0.15) is 0 Å². The second kappa shape index (κ2) is 6.73. The molecule has 0 aliphatic carbocycles. The minimum Gasteiger partial charge on any atom is -0.497 e. The van der Waals surface area contributed by atoms with Crippen molar-refractivity contribution < 1.29 is 4.74 Å². The molecule has 0 unspecified atom stereocenters. The minimum absolute atomic E-state index is 0.654. The monoisotopic (exact) mass is 309 g/mol. The zero-order valence-corrected chi connectivity index (χ0v) is 13.9. The average molecular weight is 309 g/mol. The van der Waals surface area contributed by atoms with Gasteiger partial charge in [0.1, 0.15) is 5.75 Å². The zero-order valence-electron chi connectivity index (χ0n) is 13.9. The van der Waals surface area contributed by atoms with E-state index in [0.29, 0.717) is 5.92 Å². The molecule has 0 aliphatic rings. The van der Waals surface area contributed by atoms with Crippen LogP contribution >= 0.6 is 0 Å². The van der Waals surface area contributed by atoms with Gasteiger partial charge in [0.25, 0.3) is 0 Å². The van der Waals surface area contributed by atoms with Crippen LogP contribution in [0.4, 0.5) is 11.6 Å². The number of benzene rings is 2. The van der Waals surface area contributed by atoms with E-state index in [-0.39, 0.29) is 0 Å². The highest BCUT2D eigenvalue weighted by Gasteiger charge is 2.11. The van der Waals surface area contributed by atoms with Gasteiger partial charge in [0.05, 0.1) is 18.1 Å². The van der Waals surface area contributed by atoms with Crippen molar-refractivity contribution in [1.29, 1.82) is 0 Å². The number of ether oxygens (including phenoxy) is 1. The Balaban J connectivity index is 1.96. The number of aromatic nitrogens is 2. The van der Waals surface area contributed by atoms with Crippen molar-refractivity contribution in [3.8, 4) is 5.75 Å². The predicted octanol–water partition coefficient (Wildman–Crippen LogP) is 4.83. The van der Waals surface area contributed by atoms with E-state index < -0.39 is 0 Å². The molecule has 0 fully saturated rings. The molecular weight excluding hydrogens is 286 g/mol. The Labute approximate surface area is 137 Å². The first-order valence-electron chi connectivity index (χ1n) is 8.03. The lowest BCUT2D eigenvalue weighted by molar-refractivity contribution is 0.415. The van der Waals surface area contributed by atoms with Gasteiger partial charge in [-0.1, -0.05) is 32.0 Å². The third-order valence-electron chi connectivity index (χ3n) is 3.91. The summed E-state index contributed by atoms with van der Waals surface area (Å²) in [6.45, 7) is 5.44. The molecule has 2 aromatic carbocycles. The molecule has 0 radical (unpaired) electrons. The van der Waals surface area contributed by atoms with Crippen LogP contribution in [-0.4, -0.2) is 16.7 Å². The van der Waals surface area contributed by atoms with E-state index in [1.165, 1.54) is 5.52 Å². The Hall–Kier alpha value is -2.49. The van der Waals surface area contributed by atoms with E-state index in [4.69, 9.17) is 9.72 Å². The molecule has 0 amide bonds. The Kier molecular flexibility index (Phi) is 4.51. The number of hydrogen-bond acceptors (Lipinski definition) is 3. The van der Waals surface area contributed by atoms with Gasteiger partial charge in [-0.25, -0.2) is 4.98 Å². The van der Waals surface area contributed by atoms with Crippen molar-refractivity contribution in [3.05, 3.63) is 48.5 Å². The highest BCUT2D eigenvalue weighted by Crippen LogP contribution is 2.25. The fourth-order valence-corrected chi connectivity index (χ4v) is 2.61. The molecule has 0 spiro atoms. The van der Waals surface area contributed by atoms with Crippen molar-refractivity contribution in [3.63, 3.8) is 0 Å². The Morgan fingerprint density at radius 3 is 2.74 bits per heavy atom. The molecule has 4 heteroatoms. The molecule has 0 aliphatic heterocycles. The number of nitrogens with one attached hydrogen (secondary N) is 1. The summed E-state index contributed by atoms with van der Waals surface area (Å²) in [5, 5.41) is 3.43. The molecular formula is C19H23N3O. The molecule has 4 nitrogen and oxygen atoms in total. The van der Waals surface area contributed by atoms with Gasteiger partial charge in [0, 0.05) is 18.3 Å². The number of imidazole rings is 1. The van der Waals surface area contributed by atoms with Gasteiger partial charge in [0.15, 0.2) is 0 Å². The summed E-state index contributed by atoms with van der Waals surface area (Å²) in [5.41, 5.74) is 3.16. The van der Waals surface area contributed by atoms with Crippen LogP contribution < -0.4 is 10.1 Å². The number of fused-ring (bicyclic) bond motifs is 1. The predicted molar refractivity (Wildman–Crippen MR) is 95.5 cm³/mol. The number of hydrogen-bond donors (Lipinski definition) is 1. The maximum absolute atomic E-state index is 5.29. The quantitative estimate of drug-likeness (QED) is 0.708. The number of methoxy groups -OCH3 is 1. The molecule has 3 aromatic rings. The summed E-state index contributed by atoms with van der Waals surface area (Å²) in [5.74, 6) is 2.36. The highest BCUT2D eigenvalue weighted by atomic mass is 16.5. The summed E-state index contributed by atoms with van der Waals surface area (Å²) in [6.07, 6.45) is 1.12. The summed E-state index contributed by atoms with van der Waals surface area (Å²) in [7, 11) is 1.68. The normalized spacial score (nSPS) is 11.1. The standard InChI is InChI=1S/C19H23N3O/c1-14(2)11-12-22-18-10-5-4-9-17(18)21-19(22)20-15-7-6-8-16(13-15)23-3/h4-10,13-14H,11-12H2,1-3H3,(H,20,21). The minimum atomic E-state index is 0.654. The number of para-hydroxylation sites is 2. The van der Waals surface area contributed by atoms with Gasteiger partial charge >= 0.3 is 0 Å². The lowest BCUT2D eigenvalue weighted by Crippen LogP contribution is -2.06. The summed E-state index contributed by atoms with van der Waals surface area (Å²) in [4.78, 5) is 4.75. The lowest BCUT2D eigenvalue weighted by Gasteiger charge is -2.12. The van der Waals surface area contributed by atoms with Crippen LogP contribution in [0.5, 0.6) is 5.75 Å². The van der Waals surface area contributed by atoms with E-state index in [1.54, 1.807) is 7.11 Å². The second-order valence-electron chi connectivity index (χ2n) is 6.12. The van der Waals surface area contributed by atoms with Crippen LogP contribution in [0.1, 0.15) is 20.3 Å². The summed E-state index contributed by atoms with van der Waals surface area (Å²) < 4.78 is 7.55. The van der Waals surface area contributed by atoms with Gasteiger partial charge in [0.2, 0.25) is 5.95 Å². The first-order chi connectivity index (χ1) is 11.2. The molecule has 0 atom stereocenters. The van der Waals surface area contributed by atoms with Gasteiger partial charge in [-0.3, -0.25) is 0 Å². The molecule has 0 saturated heterocycles. The van der Waals surface area contributed by atoms with Crippen LogP contribution in [-0.2, 0) is 6.54 Å². The van der Waals surface area contributed by atoms with Crippen LogP contribution in [0.3, 0.4) is 0 Å². The summed E-state index contributed by atoms with van der Waals surface area (Å²) in [6, 6.07) is 16.2. The maximum Gasteiger partial charge on any atom is 0.208 e. The fraction of sp³-hybridized carbons (Fsp3) is 0.316. The van der Waals surface area contributed by atoms with Gasteiger partial charge in [-0.15, -0.1) is 0 Å². The average Bonchev–Trinajstić information content (AvgIpc) is 2.90. The SMILES string of the molecule is COc1cccc(Nc2nc3ccccc3n2CCC(C)C)c1. The highest BCUT2D eigenvalue weighted by molar-refractivity contribution is 5.79. The van der Waals surface area contributed by atoms with E-state index in [0.717, 1.165) is 35.9 Å². The first-order valence-corrected chi connectivity index (χ1v) is 8.03. The number of aryl methyl sites for hydroxylation is 1. The smallest absolute Gasteiger partial charge is 0.208 e. The molecule has 3 rings (SSSR count). The Morgan fingerprint density at radius 2 is 1.96 bits per heavy atom. The molecule has 0 bridgehead atoms. The fourth-order valence-electron chi connectivity index (χ4n) is 2.61. The topological polar surface area (TPSA) is 39.1 Å². The maximum atomic E-state index is 5.29. The second-order valence-corrected chi connectivity index (χ2v) is 6.12. The lowest BCUT2D eigenvalue weighted by atomic mass is 10.1. The van der Waals surface area contributed by atoms with Gasteiger partial charge in [-0.05, 0) is 36.6 Å². The van der Waals surface area contributed by atoms with E-state index in [2.05, 4.69) is 41.9 Å². The number of anilines is 2. The van der Waals surface area contributed by atoms with Crippen LogP contribution in [0.25, 0.3) is 11.0 Å².